The van der Waals surface area contributed by atoms with Crippen molar-refractivity contribution in [3.8, 4) is 11.6 Å². The minimum atomic E-state index is 0. The zero-order valence-corrected chi connectivity index (χ0v) is 18.3. The fourth-order valence-electron chi connectivity index (χ4n) is 3.51. The van der Waals surface area contributed by atoms with Crippen LogP contribution in [-0.2, 0) is 11.3 Å². The molecule has 1 fully saturated rings. The number of rotatable bonds is 8. The minimum absolute atomic E-state index is 0. The Morgan fingerprint density at radius 2 is 2.19 bits per heavy atom. The van der Waals surface area contributed by atoms with E-state index in [-0.39, 0.29) is 24.0 Å². The molecule has 0 radical (unpaired) electrons. The lowest BCUT2D eigenvalue weighted by Crippen LogP contribution is -2.43. The van der Waals surface area contributed by atoms with E-state index in [4.69, 9.17) is 9.15 Å². The van der Waals surface area contributed by atoms with E-state index < -0.39 is 0 Å². The van der Waals surface area contributed by atoms with Crippen LogP contribution in [0.2, 0.25) is 0 Å². The Kier molecular flexibility index (Phi) is 8.55. The number of halogens is 1. The summed E-state index contributed by atoms with van der Waals surface area (Å²) in [6.45, 7) is 2.23. The highest BCUT2D eigenvalue weighted by atomic mass is 127. The number of nitrogens with one attached hydrogen (secondary N) is 3. The van der Waals surface area contributed by atoms with Gasteiger partial charge in [-0.1, -0.05) is 12.8 Å². The van der Waals surface area contributed by atoms with Gasteiger partial charge in [0.15, 0.2) is 11.7 Å². The minimum Gasteiger partial charge on any atom is -0.461 e. The van der Waals surface area contributed by atoms with E-state index in [1.165, 1.54) is 25.7 Å². The number of hydrogen-bond acceptors (Lipinski definition) is 5. The monoisotopic (exact) mass is 488 g/mol. The molecule has 0 atom stereocenters. The first-order valence-electron chi connectivity index (χ1n) is 9.13. The molecule has 3 N–H and O–H groups in total. The van der Waals surface area contributed by atoms with E-state index in [0.717, 1.165) is 31.4 Å². The molecule has 3 rings (SSSR count). The van der Waals surface area contributed by atoms with Crippen molar-refractivity contribution in [3.63, 3.8) is 0 Å². The highest BCUT2D eigenvalue weighted by Crippen LogP contribution is 2.40. The number of aromatic nitrogens is 3. The summed E-state index contributed by atoms with van der Waals surface area (Å²) in [5.41, 5.74) is 0.312. The van der Waals surface area contributed by atoms with Crippen LogP contribution in [0.25, 0.3) is 11.6 Å². The highest BCUT2D eigenvalue weighted by Gasteiger charge is 2.33. The maximum atomic E-state index is 5.31. The first-order chi connectivity index (χ1) is 12.7. The SMILES string of the molecule is CN=C(NCc1nc(-c2ccco2)n[nH]1)NCC1(CCOC)CCCC1.I. The van der Waals surface area contributed by atoms with Crippen molar-refractivity contribution >= 4 is 29.9 Å². The number of hydrogen-bond donors (Lipinski definition) is 3. The lowest BCUT2D eigenvalue weighted by atomic mass is 9.83. The second-order valence-electron chi connectivity index (χ2n) is 6.81. The van der Waals surface area contributed by atoms with Gasteiger partial charge in [0, 0.05) is 27.3 Å². The van der Waals surface area contributed by atoms with Gasteiger partial charge in [0.25, 0.3) is 0 Å². The van der Waals surface area contributed by atoms with Crippen LogP contribution in [0, 0.1) is 5.41 Å². The molecule has 0 spiro atoms. The molecule has 9 heteroatoms. The van der Waals surface area contributed by atoms with Crippen LogP contribution in [-0.4, -0.2) is 48.5 Å². The molecule has 0 amide bonds. The molecule has 1 aliphatic carbocycles. The molecule has 1 aliphatic rings. The van der Waals surface area contributed by atoms with Crippen LogP contribution in [0.3, 0.4) is 0 Å². The van der Waals surface area contributed by atoms with Gasteiger partial charge in [-0.15, -0.1) is 29.1 Å². The molecule has 0 bridgehead atoms. The van der Waals surface area contributed by atoms with Gasteiger partial charge < -0.3 is 19.8 Å². The van der Waals surface area contributed by atoms with Crippen molar-refractivity contribution in [3.05, 3.63) is 24.2 Å². The number of furan rings is 1. The second-order valence-corrected chi connectivity index (χ2v) is 6.81. The molecule has 150 valence electrons. The summed E-state index contributed by atoms with van der Waals surface area (Å²) in [6, 6.07) is 3.65. The van der Waals surface area contributed by atoms with E-state index in [9.17, 15) is 0 Å². The maximum Gasteiger partial charge on any atom is 0.216 e. The van der Waals surface area contributed by atoms with Gasteiger partial charge in [-0.25, -0.2) is 4.98 Å². The molecular weight excluding hydrogens is 459 g/mol. The van der Waals surface area contributed by atoms with E-state index >= 15 is 0 Å². The van der Waals surface area contributed by atoms with Crippen molar-refractivity contribution in [2.45, 2.75) is 38.6 Å². The Bertz CT molecular complexity index is 695. The molecule has 2 aromatic heterocycles. The summed E-state index contributed by atoms with van der Waals surface area (Å²) in [4.78, 5) is 8.74. The van der Waals surface area contributed by atoms with Crippen LogP contribution in [0.5, 0.6) is 0 Å². The van der Waals surface area contributed by atoms with E-state index in [2.05, 4.69) is 30.8 Å². The van der Waals surface area contributed by atoms with Crippen LogP contribution in [0.4, 0.5) is 0 Å². The third kappa shape index (κ3) is 5.93. The number of H-pyrrole nitrogens is 1. The fraction of sp³-hybridized carbons (Fsp3) is 0.611. The van der Waals surface area contributed by atoms with Gasteiger partial charge in [-0.05, 0) is 36.8 Å². The molecule has 0 aliphatic heterocycles. The van der Waals surface area contributed by atoms with Crippen molar-refractivity contribution in [1.82, 2.24) is 25.8 Å². The Balaban J connectivity index is 0.00000261. The molecule has 0 saturated heterocycles. The third-order valence-electron chi connectivity index (χ3n) is 5.05. The van der Waals surface area contributed by atoms with E-state index in [1.54, 1.807) is 20.4 Å². The Morgan fingerprint density at radius 1 is 1.37 bits per heavy atom. The Labute approximate surface area is 177 Å². The van der Waals surface area contributed by atoms with Gasteiger partial charge >= 0.3 is 0 Å². The highest BCUT2D eigenvalue weighted by molar-refractivity contribution is 14.0. The Hall–Kier alpha value is -1.62. The number of guanidine groups is 1. The standard InChI is InChI=1S/C18H28N6O2.HI/c1-19-17(21-13-18(9-11-25-2)7-3-4-8-18)20-12-15-22-16(24-23-15)14-6-5-10-26-14;/h5-6,10H,3-4,7-9,11-13H2,1-2H3,(H2,19,20,21)(H,22,23,24);1H. The lowest BCUT2D eigenvalue weighted by Gasteiger charge is -2.29. The first kappa shape index (κ1) is 21.7. The largest absolute Gasteiger partial charge is 0.461 e. The van der Waals surface area contributed by atoms with Crippen LogP contribution >= 0.6 is 24.0 Å². The summed E-state index contributed by atoms with van der Waals surface area (Å²) < 4.78 is 10.6. The predicted octanol–water partition coefficient (Wildman–Crippen LogP) is 2.94. The number of aliphatic imine (C=N–C) groups is 1. The van der Waals surface area contributed by atoms with Gasteiger partial charge in [0.1, 0.15) is 5.82 Å². The van der Waals surface area contributed by atoms with Gasteiger partial charge in [-0.3, -0.25) is 10.1 Å². The molecule has 1 saturated carbocycles. The summed E-state index contributed by atoms with van der Waals surface area (Å²) in [5, 5.41) is 13.8. The molecule has 8 nitrogen and oxygen atoms in total. The van der Waals surface area contributed by atoms with Gasteiger partial charge in [0.2, 0.25) is 5.82 Å². The lowest BCUT2D eigenvalue weighted by molar-refractivity contribution is 0.138. The molecule has 2 aromatic rings. The molecule has 0 aromatic carbocycles. The van der Waals surface area contributed by atoms with Crippen molar-refractivity contribution in [2.75, 3.05) is 27.3 Å². The summed E-state index contributed by atoms with van der Waals surface area (Å²) in [7, 11) is 3.55. The topological polar surface area (TPSA) is 100 Å². The van der Waals surface area contributed by atoms with E-state index in [0.29, 0.717) is 23.5 Å². The molecule has 27 heavy (non-hydrogen) atoms. The van der Waals surface area contributed by atoms with Gasteiger partial charge in [-0.2, -0.15) is 0 Å². The van der Waals surface area contributed by atoms with Crippen LogP contribution in [0.15, 0.2) is 27.8 Å². The maximum absolute atomic E-state index is 5.31. The van der Waals surface area contributed by atoms with Crippen molar-refractivity contribution in [2.24, 2.45) is 10.4 Å². The van der Waals surface area contributed by atoms with E-state index in [1.807, 2.05) is 12.1 Å². The zero-order chi connectivity index (χ0) is 18.2. The molecule has 0 unspecified atom stereocenters. The molecular formula is C18H29IN6O2. The smallest absolute Gasteiger partial charge is 0.216 e. The number of nitrogens with zero attached hydrogens (tertiary/aromatic N) is 3. The Morgan fingerprint density at radius 3 is 2.85 bits per heavy atom. The fourth-order valence-corrected chi connectivity index (χ4v) is 3.51. The third-order valence-corrected chi connectivity index (χ3v) is 5.05. The average Bonchev–Trinajstić information content (AvgIpc) is 3.41. The summed E-state index contributed by atoms with van der Waals surface area (Å²) in [5.74, 6) is 2.70. The number of aromatic amines is 1. The number of ether oxygens (including phenoxy) is 1. The zero-order valence-electron chi connectivity index (χ0n) is 16.0. The van der Waals surface area contributed by atoms with Gasteiger partial charge in [0.05, 0.1) is 12.8 Å². The number of methoxy groups -OCH3 is 1. The van der Waals surface area contributed by atoms with Crippen molar-refractivity contribution in [1.29, 1.82) is 0 Å². The van der Waals surface area contributed by atoms with Crippen LogP contribution < -0.4 is 10.6 Å². The van der Waals surface area contributed by atoms with Crippen LogP contribution in [0.1, 0.15) is 37.9 Å². The predicted molar refractivity (Wildman–Crippen MR) is 115 cm³/mol. The summed E-state index contributed by atoms with van der Waals surface area (Å²) in [6.07, 6.45) is 7.78. The second kappa shape index (κ2) is 10.6. The average molecular weight is 488 g/mol. The quantitative estimate of drug-likeness (QED) is 0.300. The molecule has 2 heterocycles. The normalized spacial score (nSPS) is 16.1. The summed E-state index contributed by atoms with van der Waals surface area (Å²) >= 11 is 0. The van der Waals surface area contributed by atoms with Crippen molar-refractivity contribution < 1.29 is 9.15 Å². The first-order valence-corrected chi connectivity index (χ1v) is 9.13.